The van der Waals surface area contributed by atoms with Crippen LogP contribution in [0.15, 0.2) is 54.6 Å². The molecule has 0 saturated carbocycles. The van der Waals surface area contributed by atoms with E-state index in [1.165, 1.54) is 4.68 Å². The molecule has 0 aliphatic carbocycles. The predicted molar refractivity (Wildman–Crippen MR) is 110 cm³/mol. The lowest BCUT2D eigenvalue weighted by Crippen LogP contribution is -2.27. The van der Waals surface area contributed by atoms with Gasteiger partial charge in [0.1, 0.15) is 0 Å². The maximum atomic E-state index is 12.8. The molecule has 31 heavy (non-hydrogen) atoms. The number of carbonyl (C=O) groups excluding carboxylic acids is 2. The maximum absolute atomic E-state index is 12.8. The van der Waals surface area contributed by atoms with E-state index in [2.05, 4.69) is 10.4 Å². The molecule has 0 unspecified atom stereocenters. The van der Waals surface area contributed by atoms with E-state index in [1.54, 1.807) is 43.3 Å². The summed E-state index contributed by atoms with van der Waals surface area (Å²) in [5, 5.41) is 6.29. The third-order valence-corrected chi connectivity index (χ3v) is 4.83. The Morgan fingerprint density at radius 1 is 1.00 bits per heavy atom. The normalized spacial score (nSPS) is 11.4. The largest absolute Gasteiger partial charge is 0.435 e. The van der Waals surface area contributed by atoms with E-state index in [-0.39, 0.29) is 24.4 Å². The number of nitrogens with zero attached hydrogens (tertiary/aromatic N) is 2. The summed E-state index contributed by atoms with van der Waals surface area (Å²) in [7, 11) is 0. The first kappa shape index (κ1) is 22.3. The molecule has 0 fully saturated rings. The number of alkyl halides is 3. The standard InChI is InChI=1S/C23H22F3N3O2/c1-15-8-10-17(11-9-15)21(30)18-6-3-4-7-19(18)22(31)27-12-5-13-29-16(2)14-20(28-29)23(24,25)26/h3-4,6-11,14H,5,12-13H2,1-2H3,(H,27,31). The fourth-order valence-electron chi connectivity index (χ4n) is 3.14. The van der Waals surface area contributed by atoms with Crippen LogP contribution in [0.3, 0.4) is 0 Å². The van der Waals surface area contributed by atoms with E-state index in [4.69, 9.17) is 0 Å². The van der Waals surface area contributed by atoms with Gasteiger partial charge in [0.05, 0.1) is 5.56 Å². The molecule has 1 aromatic heterocycles. The second-order valence-electron chi connectivity index (χ2n) is 7.24. The highest BCUT2D eigenvalue weighted by Gasteiger charge is 2.34. The molecule has 162 valence electrons. The van der Waals surface area contributed by atoms with Crippen LogP contribution in [0.4, 0.5) is 13.2 Å². The first-order valence-corrected chi connectivity index (χ1v) is 9.77. The lowest BCUT2D eigenvalue weighted by molar-refractivity contribution is -0.141. The zero-order valence-corrected chi connectivity index (χ0v) is 17.2. The first-order valence-electron chi connectivity index (χ1n) is 9.77. The molecule has 3 aromatic rings. The number of benzene rings is 2. The Hall–Kier alpha value is -3.42. The molecule has 1 heterocycles. The minimum Gasteiger partial charge on any atom is -0.352 e. The Bertz CT molecular complexity index is 1090. The zero-order chi connectivity index (χ0) is 22.6. The number of aryl methyl sites for hydroxylation is 3. The van der Waals surface area contributed by atoms with E-state index < -0.39 is 17.8 Å². The van der Waals surface area contributed by atoms with Gasteiger partial charge in [-0.25, -0.2) is 0 Å². The highest BCUT2D eigenvalue weighted by Crippen LogP contribution is 2.28. The van der Waals surface area contributed by atoms with Gasteiger partial charge in [-0.15, -0.1) is 0 Å². The molecule has 3 rings (SSSR count). The molecular formula is C23H22F3N3O2. The topological polar surface area (TPSA) is 64.0 Å². The second kappa shape index (κ2) is 9.16. The Morgan fingerprint density at radius 2 is 1.65 bits per heavy atom. The van der Waals surface area contributed by atoms with Gasteiger partial charge < -0.3 is 5.32 Å². The lowest BCUT2D eigenvalue weighted by atomic mass is 9.97. The first-order chi connectivity index (χ1) is 14.7. The fourth-order valence-corrected chi connectivity index (χ4v) is 3.14. The number of carbonyl (C=O) groups is 2. The van der Waals surface area contributed by atoms with E-state index in [0.29, 0.717) is 23.2 Å². The van der Waals surface area contributed by atoms with E-state index in [1.807, 2.05) is 19.1 Å². The number of hydrogen-bond acceptors (Lipinski definition) is 3. The van der Waals surface area contributed by atoms with Gasteiger partial charge in [-0.1, -0.05) is 48.0 Å². The van der Waals surface area contributed by atoms with Crippen molar-refractivity contribution in [2.75, 3.05) is 6.54 Å². The number of hydrogen-bond donors (Lipinski definition) is 1. The van der Waals surface area contributed by atoms with Crippen LogP contribution < -0.4 is 5.32 Å². The van der Waals surface area contributed by atoms with Crippen LogP contribution in [-0.2, 0) is 12.7 Å². The monoisotopic (exact) mass is 429 g/mol. The summed E-state index contributed by atoms with van der Waals surface area (Å²) < 4.78 is 39.5. The third kappa shape index (κ3) is 5.39. The summed E-state index contributed by atoms with van der Waals surface area (Å²) in [6.45, 7) is 3.93. The zero-order valence-electron chi connectivity index (χ0n) is 17.2. The highest BCUT2D eigenvalue weighted by atomic mass is 19.4. The van der Waals surface area contributed by atoms with Crippen LogP contribution >= 0.6 is 0 Å². The molecule has 2 aromatic carbocycles. The van der Waals surface area contributed by atoms with Gasteiger partial charge >= 0.3 is 6.18 Å². The van der Waals surface area contributed by atoms with Crippen LogP contribution in [-0.4, -0.2) is 28.0 Å². The molecule has 0 radical (unpaired) electrons. The van der Waals surface area contributed by atoms with Gasteiger partial charge in [-0.3, -0.25) is 14.3 Å². The van der Waals surface area contributed by atoms with E-state index in [9.17, 15) is 22.8 Å². The van der Waals surface area contributed by atoms with Crippen LogP contribution in [0.5, 0.6) is 0 Å². The molecule has 0 saturated heterocycles. The van der Waals surface area contributed by atoms with Gasteiger partial charge in [-0.2, -0.15) is 18.3 Å². The van der Waals surface area contributed by atoms with Crippen molar-refractivity contribution in [2.24, 2.45) is 0 Å². The van der Waals surface area contributed by atoms with Gasteiger partial charge in [-0.05, 0) is 32.4 Å². The molecule has 0 bridgehead atoms. The summed E-state index contributed by atoms with van der Waals surface area (Å²) in [6, 6.07) is 14.6. The number of aromatic nitrogens is 2. The molecule has 8 heteroatoms. The SMILES string of the molecule is Cc1ccc(C(=O)c2ccccc2C(=O)NCCCn2nc(C(F)(F)F)cc2C)cc1. The van der Waals surface area contributed by atoms with Gasteiger partial charge in [0.25, 0.3) is 5.91 Å². The number of nitrogens with one attached hydrogen (secondary N) is 1. The van der Waals surface area contributed by atoms with Crippen molar-refractivity contribution >= 4 is 11.7 Å². The second-order valence-corrected chi connectivity index (χ2v) is 7.24. The lowest BCUT2D eigenvalue weighted by Gasteiger charge is -2.10. The predicted octanol–water partition coefficient (Wildman–Crippen LogP) is 4.57. The number of halogens is 3. The Kier molecular flexibility index (Phi) is 6.58. The van der Waals surface area contributed by atoms with Crippen LogP contribution in [0.2, 0.25) is 0 Å². The molecule has 0 aliphatic rings. The van der Waals surface area contributed by atoms with E-state index >= 15 is 0 Å². The van der Waals surface area contributed by atoms with Crippen LogP contribution in [0.25, 0.3) is 0 Å². The van der Waals surface area contributed by atoms with Crippen molar-refractivity contribution in [1.29, 1.82) is 0 Å². The third-order valence-electron chi connectivity index (χ3n) is 4.83. The van der Waals surface area contributed by atoms with Crippen molar-refractivity contribution in [3.8, 4) is 0 Å². The minimum atomic E-state index is -4.49. The van der Waals surface area contributed by atoms with Gasteiger partial charge in [0, 0.05) is 29.9 Å². The average Bonchev–Trinajstić information content (AvgIpc) is 3.12. The van der Waals surface area contributed by atoms with Crippen LogP contribution in [0, 0.1) is 13.8 Å². The van der Waals surface area contributed by atoms with Crippen molar-refractivity contribution < 1.29 is 22.8 Å². The van der Waals surface area contributed by atoms with Crippen molar-refractivity contribution in [2.45, 2.75) is 33.0 Å². The molecule has 5 nitrogen and oxygen atoms in total. The minimum absolute atomic E-state index is 0.228. The Labute approximate surface area is 177 Å². The summed E-state index contributed by atoms with van der Waals surface area (Å²) in [4.78, 5) is 25.5. The van der Waals surface area contributed by atoms with E-state index in [0.717, 1.165) is 11.6 Å². The van der Waals surface area contributed by atoms with Crippen molar-refractivity contribution in [3.63, 3.8) is 0 Å². The number of rotatable bonds is 7. The van der Waals surface area contributed by atoms with Crippen LogP contribution in [0.1, 0.15) is 49.7 Å². The van der Waals surface area contributed by atoms with Crippen molar-refractivity contribution in [3.05, 3.63) is 88.2 Å². The number of amides is 1. The summed E-state index contributed by atoms with van der Waals surface area (Å²) >= 11 is 0. The average molecular weight is 429 g/mol. The highest BCUT2D eigenvalue weighted by molar-refractivity contribution is 6.15. The fraction of sp³-hybridized carbons (Fsp3) is 0.261. The quantitative estimate of drug-likeness (QED) is 0.442. The molecule has 0 aliphatic heterocycles. The molecule has 1 N–H and O–H groups in total. The summed E-state index contributed by atoms with van der Waals surface area (Å²) in [6.07, 6.45) is -4.10. The summed E-state index contributed by atoms with van der Waals surface area (Å²) in [5.41, 5.74) is 1.52. The smallest absolute Gasteiger partial charge is 0.352 e. The molecule has 0 spiro atoms. The van der Waals surface area contributed by atoms with Gasteiger partial charge in [0.2, 0.25) is 0 Å². The molecular weight excluding hydrogens is 407 g/mol. The Balaban J connectivity index is 1.62. The summed E-state index contributed by atoms with van der Waals surface area (Å²) in [5.74, 6) is -0.665. The number of ketones is 1. The Morgan fingerprint density at radius 3 is 2.26 bits per heavy atom. The maximum Gasteiger partial charge on any atom is 0.435 e. The molecule has 0 atom stereocenters. The molecule has 1 amide bonds. The van der Waals surface area contributed by atoms with Crippen molar-refractivity contribution in [1.82, 2.24) is 15.1 Å². The van der Waals surface area contributed by atoms with Gasteiger partial charge in [0.15, 0.2) is 11.5 Å².